The van der Waals surface area contributed by atoms with E-state index in [-0.39, 0.29) is 0 Å². The number of benzene rings is 1. The highest BCUT2D eigenvalue weighted by Crippen LogP contribution is 2.20. The molecule has 2 aromatic rings. The second-order valence-electron chi connectivity index (χ2n) is 8.50. The molecule has 2 saturated heterocycles. The molecule has 3 heterocycles. The van der Waals surface area contributed by atoms with E-state index in [1.165, 1.54) is 32.4 Å². The van der Waals surface area contributed by atoms with Crippen LogP contribution in [0.25, 0.3) is 0 Å². The van der Waals surface area contributed by atoms with Crippen molar-refractivity contribution in [3.8, 4) is 5.75 Å². The van der Waals surface area contributed by atoms with E-state index in [9.17, 15) is 0 Å². The molecular weight excluding hydrogens is 378 g/mol. The Morgan fingerprint density at radius 1 is 0.967 bits per heavy atom. The highest BCUT2D eigenvalue weighted by molar-refractivity contribution is 5.32. The summed E-state index contributed by atoms with van der Waals surface area (Å²) in [4.78, 5) is 4.93. The Bertz CT molecular complexity index is 754. The van der Waals surface area contributed by atoms with Crippen LogP contribution in [0.4, 0.5) is 5.95 Å². The monoisotopic (exact) mass is 413 g/mol. The number of piperidine rings is 1. The third kappa shape index (κ3) is 5.73. The maximum Gasteiger partial charge on any atom is 0.227 e. The average molecular weight is 414 g/mol. The molecule has 0 aliphatic carbocycles. The van der Waals surface area contributed by atoms with E-state index >= 15 is 0 Å². The summed E-state index contributed by atoms with van der Waals surface area (Å²) in [7, 11) is 0. The summed E-state index contributed by atoms with van der Waals surface area (Å²) in [5.41, 5.74) is 0. The van der Waals surface area contributed by atoms with E-state index in [1.807, 2.05) is 30.3 Å². The number of nitrogens with zero attached hydrogens (tertiary/aromatic N) is 5. The van der Waals surface area contributed by atoms with Crippen LogP contribution >= 0.6 is 0 Å². The predicted molar refractivity (Wildman–Crippen MR) is 118 cm³/mol. The molecule has 2 aliphatic rings. The minimum atomic E-state index is 0.549. The summed E-state index contributed by atoms with van der Waals surface area (Å²) in [6.07, 6.45) is 4.80. The number of likely N-dealkylation sites (tertiary alicyclic amines) is 1. The van der Waals surface area contributed by atoms with Gasteiger partial charge in [0.2, 0.25) is 5.95 Å². The second kappa shape index (κ2) is 10.8. The van der Waals surface area contributed by atoms with E-state index in [2.05, 4.69) is 31.5 Å². The van der Waals surface area contributed by atoms with Crippen LogP contribution in [0.15, 0.2) is 30.3 Å². The van der Waals surface area contributed by atoms with Gasteiger partial charge in [0.25, 0.3) is 0 Å². The van der Waals surface area contributed by atoms with Crippen molar-refractivity contribution in [1.82, 2.24) is 19.7 Å². The summed E-state index contributed by atoms with van der Waals surface area (Å²) in [6.45, 7) is 10.8. The molecule has 0 radical (unpaired) electrons. The molecule has 164 valence electrons. The minimum Gasteiger partial charge on any atom is -0.493 e. The first-order valence-electron chi connectivity index (χ1n) is 11.4. The predicted octanol–water partition coefficient (Wildman–Crippen LogP) is 2.86. The van der Waals surface area contributed by atoms with Gasteiger partial charge in [-0.1, -0.05) is 31.5 Å². The minimum absolute atomic E-state index is 0.549. The van der Waals surface area contributed by atoms with Crippen molar-refractivity contribution in [2.45, 2.75) is 39.2 Å². The molecule has 30 heavy (non-hydrogen) atoms. The molecule has 7 nitrogen and oxygen atoms in total. The van der Waals surface area contributed by atoms with Gasteiger partial charge >= 0.3 is 0 Å². The van der Waals surface area contributed by atoms with Gasteiger partial charge in [0.1, 0.15) is 11.6 Å². The van der Waals surface area contributed by atoms with Crippen molar-refractivity contribution in [2.75, 3.05) is 57.4 Å². The topological polar surface area (TPSA) is 55.7 Å². The molecule has 0 N–H and O–H groups in total. The molecule has 7 heteroatoms. The maximum absolute atomic E-state index is 5.92. The zero-order valence-corrected chi connectivity index (χ0v) is 18.2. The summed E-state index contributed by atoms with van der Waals surface area (Å²) < 4.78 is 13.8. The largest absolute Gasteiger partial charge is 0.493 e. The van der Waals surface area contributed by atoms with Gasteiger partial charge < -0.3 is 19.3 Å². The summed E-state index contributed by atoms with van der Waals surface area (Å²) in [6, 6.07) is 9.98. The third-order valence-electron chi connectivity index (χ3n) is 5.95. The van der Waals surface area contributed by atoms with Gasteiger partial charge in [-0.25, -0.2) is 0 Å². The highest BCUT2D eigenvalue weighted by atomic mass is 16.5. The van der Waals surface area contributed by atoms with Gasteiger partial charge in [0.15, 0.2) is 0 Å². The summed E-state index contributed by atoms with van der Waals surface area (Å²) in [5, 5.41) is 9.14. The number of rotatable bonds is 9. The molecule has 1 aromatic heterocycles. The van der Waals surface area contributed by atoms with Gasteiger partial charge in [-0.3, -0.25) is 4.57 Å². The van der Waals surface area contributed by atoms with Crippen molar-refractivity contribution < 1.29 is 9.47 Å². The molecule has 1 unspecified atom stereocenters. The molecule has 0 amide bonds. The Labute approximate surface area is 180 Å². The second-order valence-corrected chi connectivity index (χ2v) is 8.50. The van der Waals surface area contributed by atoms with Gasteiger partial charge in [-0.05, 0) is 44.0 Å². The first kappa shape index (κ1) is 21.1. The van der Waals surface area contributed by atoms with Crippen molar-refractivity contribution >= 4 is 5.95 Å². The molecule has 0 spiro atoms. The van der Waals surface area contributed by atoms with Crippen molar-refractivity contribution in [1.29, 1.82) is 0 Å². The number of hydrogen-bond donors (Lipinski definition) is 0. The zero-order valence-electron chi connectivity index (χ0n) is 18.2. The average Bonchev–Trinajstić information content (AvgIpc) is 3.18. The van der Waals surface area contributed by atoms with Crippen molar-refractivity contribution in [3.63, 3.8) is 0 Å². The van der Waals surface area contributed by atoms with Gasteiger partial charge in [-0.2, -0.15) is 0 Å². The quantitative estimate of drug-likeness (QED) is 0.630. The molecule has 2 aliphatic heterocycles. The number of hydrogen-bond acceptors (Lipinski definition) is 6. The molecule has 1 aromatic carbocycles. The molecule has 0 saturated carbocycles. The van der Waals surface area contributed by atoms with E-state index in [0.29, 0.717) is 12.5 Å². The molecule has 4 rings (SSSR count). The fraction of sp³-hybridized carbons (Fsp3) is 0.652. The zero-order chi connectivity index (χ0) is 20.6. The van der Waals surface area contributed by atoms with Crippen LogP contribution in [-0.4, -0.2) is 72.2 Å². The van der Waals surface area contributed by atoms with E-state index < -0.39 is 0 Å². The van der Waals surface area contributed by atoms with Crippen molar-refractivity contribution in [2.24, 2.45) is 5.92 Å². The summed E-state index contributed by atoms with van der Waals surface area (Å²) >= 11 is 0. The normalized spacial score (nSPS) is 19.0. The summed E-state index contributed by atoms with van der Waals surface area (Å²) in [5.74, 6) is 3.44. The third-order valence-corrected chi connectivity index (χ3v) is 5.95. The Morgan fingerprint density at radius 2 is 1.73 bits per heavy atom. The van der Waals surface area contributed by atoms with E-state index in [0.717, 1.165) is 63.3 Å². The number of ether oxygens (including phenoxy) is 2. The molecule has 2 fully saturated rings. The van der Waals surface area contributed by atoms with Crippen LogP contribution in [-0.2, 0) is 17.7 Å². The van der Waals surface area contributed by atoms with Crippen LogP contribution in [0, 0.1) is 5.92 Å². The Hall–Kier alpha value is -2.12. The number of aromatic nitrogens is 3. The van der Waals surface area contributed by atoms with E-state index in [1.54, 1.807) is 0 Å². The lowest BCUT2D eigenvalue weighted by Crippen LogP contribution is -2.39. The standard InChI is InChI=1S/C23H35N5O2/c1-20(18-26-11-6-3-7-12-26)19-28-22(10-15-30-21-8-4-2-5-9-21)24-25-23(28)27-13-16-29-17-14-27/h2,4-5,8-9,20H,3,6-7,10-19H2,1H3. The number of para-hydroxylation sites is 1. The molecule has 1 atom stereocenters. The smallest absolute Gasteiger partial charge is 0.227 e. The fourth-order valence-corrected chi connectivity index (χ4v) is 4.42. The highest BCUT2D eigenvalue weighted by Gasteiger charge is 2.22. The maximum atomic E-state index is 5.92. The molecule has 0 bridgehead atoms. The van der Waals surface area contributed by atoms with Crippen molar-refractivity contribution in [3.05, 3.63) is 36.2 Å². The lowest BCUT2D eigenvalue weighted by Gasteiger charge is -2.31. The van der Waals surface area contributed by atoms with Crippen LogP contribution in [0.5, 0.6) is 5.75 Å². The van der Waals surface area contributed by atoms with Gasteiger partial charge in [0.05, 0.1) is 19.8 Å². The lowest BCUT2D eigenvalue weighted by atomic mass is 10.1. The Kier molecular flexibility index (Phi) is 7.59. The van der Waals surface area contributed by atoms with Crippen LogP contribution in [0.1, 0.15) is 32.0 Å². The van der Waals surface area contributed by atoms with Gasteiger partial charge in [0, 0.05) is 32.6 Å². The first-order chi connectivity index (χ1) is 14.8. The first-order valence-corrected chi connectivity index (χ1v) is 11.4. The SMILES string of the molecule is CC(CN1CCCCC1)Cn1c(CCOc2ccccc2)nnc1N1CCOCC1. The number of anilines is 1. The van der Waals surface area contributed by atoms with E-state index in [4.69, 9.17) is 9.47 Å². The Morgan fingerprint density at radius 3 is 2.50 bits per heavy atom. The van der Waals surface area contributed by atoms with Gasteiger partial charge in [-0.15, -0.1) is 10.2 Å². The number of morpholine rings is 1. The van der Waals surface area contributed by atoms with Crippen LogP contribution < -0.4 is 9.64 Å². The van der Waals surface area contributed by atoms with Crippen LogP contribution in [0.2, 0.25) is 0 Å². The Balaban J connectivity index is 1.42. The molecular formula is C23H35N5O2. The lowest BCUT2D eigenvalue weighted by molar-refractivity contribution is 0.121. The fourth-order valence-electron chi connectivity index (χ4n) is 4.42. The van der Waals surface area contributed by atoms with Crippen LogP contribution in [0.3, 0.4) is 0 Å².